The molecule has 54 valence electrons. The first-order valence-electron chi connectivity index (χ1n) is 0. The molecule has 0 spiro atoms. The molecule has 0 fully saturated rings. The van der Waals surface area contributed by atoms with E-state index in [2.05, 4.69) is 0 Å². The van der Waals surface area contributed by atoms with Crippen LogP contribution >= 0.6 is 0 Å². The number of hydrogen-bond acceptors (Lipinski definition) is 0. The first kappa shape index (κ1) is 45.6. The minimum absolute atomic E-state index is 0. The maximum atomic E-state index is 0. The molecule has 6 heteroatoms. The fraction of sp³-hybridized carbons (Fsp3) is 0. The van der Waals surface area contributed by atoms with Gasteiger partial charge in [0.15, 0.2) is 0 Å². The minimum atomic E-state index is 0. The zero-order chi connectivity index (χ0) is 0. The van der Waals surface area contributed by atoms with E-state index in [1.54, 1.807) is 0 Å². The first-order chi connectivity index (χ1) is 0. The standard InChI is InChI=1S/Ce.5Pd. The van der Waals surface area contributed by atoms with Gasteiger partial charge in [0.1, 0.15) is 0 Å². The van der Waals surface area contributed by atoms with Crippen molar-refractivity contribution in [2.24, 2.45) is 0 Å². The Bertz CT molecular complexity index is 3.90. The Morgan fingerprint density at radius 3 is 0.333 bits per heavy atom. The third-order valence-corrected chi connectivity index (χ3v) is 0. The molecule has 0 aliphatic heterocycles. The van der Waals surface area contributed by atoms with Crippen LogP contribution in [0.5, 0.6) is 0 Å². The Kier molecular flexibility index (Phi) is 253. The van der Waals surface area contributed by atoms with E-state index in [-0.39, 0.29) is 144 Å². The Balaban J connectivity index is 0. The summed E-state index contributed by atoms with van der Waals surface area (Å²) in [5, 5.41) is 0. The van der Waals surface area contributed by atoms with Gasteiger partial charge in [-0.15, -0.1) is 0 Å². The van der Waals surface area contributed by atoms with Crippen molar-refractivity contribution >= 4 is 0 Å². The average molecular weight is 672 g/mol. The predicted molar refractivity (Wildman–Crippen MR) is 0 cm³/mol. The molecule has 0 nitrogen and oxygen atoms in total. The van der Waals surface area contributed by atoms with E-state index < -0.39 is 0 Å². The molecule has 0 aromatic rings. The quantitative estimate of drug-likeness (QED) is 0.318. The SMILES string of the molecule is [Ce].[Pd].[Pd].[Pd].[Pd].[Pd]. The first-order valence-corrected chi connectivity index (χ1v) is 0. The van der Waals surface area contributed by atoms with E-state index in [0.29, 0.717) is 0 Å². The zero-order valence-electron chi connectivity index (χ0n) is 2.08. The van der Waals surface area contributed by atoms with Gasteiger partial charge in [0.25, 0.3) is 0 Å². The molecule has 0 aliphatic rings. The van der Waals surface area contributed by atoms with Crippen molar-refractivity contribution in [2.75, 3.05) is 0 Å². The monoisotopic (exact) mass is 669 g/mol. The van der Waals surface area contributed by atoms with Crippen LogP contribution in [0.4, 0.5) is 0 Å². The molecule has 0 saturated heterocycles. The Morgan fingerprint density at radius 1 is 0.333 bits per heavy atom. The molecular formula is CePd5. The largest absolute Gasteiger partial charge is 0 e. The Hall–Kier alpha value is 4.69. The third-order valence-electron chi connectivity index (χ3n) is 0. The summed E-state index contributed by atoms with van der Waals surface area (Å²) in [6, 6.07) is 0. The molecule has 0 bridgehead atoms. The van der Waals surface area contributed by atoms with Crippen LogP contribution in [-0.4, -0.2) is 0 Å². The molecular weight excluding hydrogens is 672 g/mol. The summed E-state index contributed by atoms with van der Waals surface area (Å²) in [6.07, 6.45) is 0. The summed E-state index contributed by atoms with van der Waals surface area (Å²) in [5.41, 5.74) is 0. The van der Waals surface area contributed by atoms with Gasteiger partial charge < -0.3 is 0 Å². The summed E-state index contributed by atoms with van der Waals surface area (Å²) in [4.78, 5) is 0. The van der Waals surface area contributed by atoms with Crippen molar-refractivity contribution < 1.29 is 144 Å². The second-order valence-electron chi connectivity index (χ2n) is 0. The molecule has 0 heterocycles. The van der Waals surface area contributed by atoms with Gasteiger partial charge in [-0.2, -0.15) is 0 Å². The molecule has 0 unspecified atom stereocenters. The third kappa shape index (κ3) is 23.4. The molecule has 0 aromatic heterocycles. The summed E-state index contributed by atoms with van der Waals surface area (Å²) in [6.45, 7) is 0. The van der Waals surface area contributed by atoms with Crippen molar-refractivity contribution in [3.05, 3.63) is 0 Å². The van der Waals surface area contributed by atoms with E-state index in [4.69, 9.17) is 0 Å². The summed E-state index contributed by atoms with van der Waals surface area (Å²) in [5.74, 6) is 0. The Labute approximate surface area is 140 Å². The normalized spacial score (nSPS) is 0. The van der Waals surface area contributed by atoms with Gasteiger partial charge in [0.05, 0.1) is 0 Å². The molecule has 0 amide bonds. The molecule has 0 aromatic carbocycles. The van der Waals surface area contributed by atoms with Gasteiger partial charge in [0.2, 0.25) is 0 Å². The maximum absolute atomic E-state index is 0. The molecule has 0 rings (SSSR count). The van der Waals surface area contributed by atoms with Crippen LogP contribution in [0.25, 0.3) is 0 Å². The fourth-order valence-corrected chi connectivity index (χ4v) is 0. The van der Waals surface area contributed by atoms with Gasteiger partial charge in [-0.1, -0.05) is 0 Å². The van der Waals surface area contributed by atoms with E-state index >= 15 is 0 Å². The van der Waals surface area contributed by atoms with Crippen LogP contribution < -0.4 is 0 Å². The molecule has 0 atom stereocenters. The van der Waals surface area contributed by atoms with Crippen molar-refractivity contribution in [1.29, 1.82) is 0 Å². The minimum Gasteiger partial charge on any atom is 0 e. The molecule has 6 heavy (non-hydrogen) atoms. The summed E-state index contributed by atoms with van der Waals surface area (Å²) in [7, 11) is 0. The number of hydrogen-bond donors (Lipinski definition) is 0. The second-order valence-corrected chi connectivity index (χ2v) is 0. The number of rotatable bonds is 0. The molecule has 0 N–H and O–H groups in total. The van der Waals surface area contributed by atoms with E-state index in [1.807, 2.05) is 0 Å². The molecule has 0 aliphatic carbocycles. The summed E-state index contributed by atoms with van der Waals surface area (Å²) < 4.78 is 0. The molecule has 0 radical (unpaired) electrons. The van der Waals surface area contributed by atoms with Crippen LogP contribution in [0.15, 0.2) is 0 Å². The molecule has 0 saturated carbocycles. The van der Waals surface area contributed by atoms with Crippen LogP contribution in [-0.2, 0) is 102 Å². The topological polar surface area (TPSA) is 0 Å². The van der Waals surface area contributed by atoms with Gasteiger partial charge in [0, 0.05) is 144 Å². The van der Waals surface area contributed by atoms with Crippen LogP contribution in [0.1, 0.15) is 0 Å². The fourth-order valence-electron chi connectivity index (χ4n) is 0. The van der Waals surface area contributed by atoms with Crippen LogP contribution in [0, 0.1) is 41.7 Å². The zero-order valence-corrected chi connectivity index (χ0v) is 13.0. The second kappa shape index (κ2) is 33.3. The van der Waals surface area contributed by atoms with Crippen molar-refractivity contribution in [3.8, 4) is 0 Å². The smallest absolute Gasteiger partial charge is 0 e. The van der Waals surface area contributed by atoms with Gasteiger partial charge in [-0.3, -0.25) is 0 Å². The van der Waals surface area contributed by atoms with Gasteiger partial charge >= 0.3 is 0 Å². The van der Waals surface area contributed by atoms with Gasteiger partial charge in [-0.05, 0) is 0 Å². The van der Waals surface area contributed by atoms with Crippen molar-refractivity contribution in [1.82, 2.24) is 0 Å². The van der Waals surface area contributed by atoms with E-state index in [9.17, 15) is 0 Å². The average Bonchev–Trinajstić information content (AvgIpc) is 0. The van der Waals surface area contributed by atoms with E-state index in [0.717, 1.165) is 0 Å². The summed E-state index contributed by atoms with van der Waals surface area (Å²) >= 11 is 0. The predicted octanol–water partition coefficient (Wildman–Crippen LogP) is -0.0125. The van der Waals surface area contributed by atoms with Crippen molar-refractivity contribution in [3.63, 3.8) is 0 Å². The maximum Gasteiger partial charge on any atom is 0 e. The Morgan fingerprint density at radius 2 is 0.333 bits per heavy atom. The van der Waals surface area contributed by atoms with Crippen molar-refractivity contribution in [2.45, 2.75) is 0 Å². The van der Waals surface area contributed by atoms with Crippen LogP contribution in [0.2, 0.25) is 0 Å². The van der Waals surface area contributed by atoms with E-state index in [1.165, 1.54) is 0 Å². The van der Waals surface area contributed by atoms with Gasteiger partial charge in [-0.25, -0.2) is 0 Å². The van der Waals surface area contributed by atoms with Crippen LogP contribution in [0.3, 0.4) is 0 Å².